The van der Waals surface area contributed by atoms with Crippen LogP contribution in [0.4, 0.5) is 15.8 Å². The van der Waals surface area contributed by atoms with Crippen LogP contribution in [0.1, 0.15) is 46.0 Å². The summed E-state index contributed by atoms with van der Waals surface area (Å²) >= 11 is 0. The summed E-state index contributed by atoms with van der Waals surface area (Å²) in [7, 11) is 0. The molecule has 0 radical (unpaired) electrons. The van der Waals surface area contributed by atoms with Gasteiger partial charge in [-0.25, -0.2) is 4.39 Å². The number of nitrogens with two attached hydrogens (primary N) is 1. The molecular weight excluding hydrogens is 269 g/mol. The minimum absolute atomic E-state index is 0.0832. The molecule has 0 saturated heterocycles. The van der Waals surface area contributed by atoms with Gasteiger partial charge in [-0.15, -0.1) is 0 Å². The molecule has 1 rings (SSSR count). The highest BCUT2D eigenvalue weighted by atomic mass is 19.1. The summed E-state index contributed by atoms with van der Waals surface area (Å²) in [5, 5.41) is 5.98. The first-order valence-electron chi connectivity index (χ1n) is 7.59. The van der Waals surface area contributed by atoms with Crippen LogP contribution in [0.2, 0.25) is 0 Å². The van der Waals surface area contributed by atoms with Crippen LogP contribution in [-0.4, -0.2) is 18.5 Å². The van der Waals surface area contributed by atoms with Crippen molar-refractivity contribution in [2.24, 2.45) is 5.73 Å². The average Bonchev–Trinajstić information content (AvgIpc) is 2.41. The van der Waals surface area contributed by atoms with Gasteiger partial charge in [0.15, 0.2) is 0 Å². The van der Waals surface area contributed by atoms with Crippen LogP contribution in [0.5, 0.6) is 0 Å². The quantitative estimate of drug-likeness (QED) is 0.611. The van der Waals surface area contributed by atoms with Crippen LogP contribution in [-0.2, 0) is 4.79 Å². The van der Waals surface area contributed by atoms with E-state index in [1.54, 1.807) is 6.07 Å². The maximum Gasteiger partial charge on any atom is 0.224 e. The first-order valence-corrected chi connectivity index (χ1v) is 7.59. The van der Waals surface area contributed by atoms with Crippen molar-refractivity contribution in [2.45, 2.75) is 52.0 Å². The van der Waals surface area contributed by atoms with Crippen LogP contribution in [0.15, 0.2) is 18.2 Å². The molecule has 0 atom stereocenters. The van der Waals surface area contributed by atoms with Gasteiger partial charge in [0.05, 0.1) is 11.4 Å². The molecule has 4 N–H and O–H groups in total. The zero-order valence-electron chi connectivity index (χ0n) is 12.9. The molecule has 0 saturated carbocycles. The van der Waals surface area contributed by atoms with Crippen molar-refractivity contribution in [3.05, 3.63) is 24.0 Å². The number of amides is 1. The number of anilines is 2. The summed E-state index contributed by atoms with van der Waals surface area (Å²) in [4.78, 5) is 11.9. The van der Waals surface area contributed by atoms with Crippen LogP contribution >= 0.6 is 0 Å². The Morgan fingerprint density at radius 1 is 1.19 bits per heavy atom. The third-order valence-corrected chi connectivity index (χ3v) is 3.06. The second kappa shape index (κ2) is 9.34. The molecule has 0 spiro atoms. The lowest BCUT2D eigenvalue weighted by Crippen LogP contribution is -2.16. The normalized spacial score (nSPS) is 10.7. The Hall–Kier alpha value is -1.62. The Morgan fingerprint density at radius 2 is 1.90 bits per heavy atom. The lowest BCUT2D eigenvalue weighted by atomic mass is 10.1. The van der Waals surface area contributed by atoms with Crippen molar-refractivity contribution in [1.29, 1.82) is 0 Å². The van der Waals surface area contributed by atoms with E-state index in [1.807, 2.05) is 13.8 Å². The molecule has 0 aliphatic heterocycles. The number of halogens is 1. The molecule has 118 valence electrons. The SMILES string of the molecule is CC(C)Nc1ccc(F)cc1NC(=O)CCCCCCN. The van der Waals surface area contributed by atoms with Crippen LogP contribution < -0.4 is 16.4 Å². The summed E-state index contributed by atoms with van der Waals surface area (Å²) in [6, 6.07) is 4.58. The van der Waals surface area contributed by atoms with Gasteiger partial charge in [-0.2, -0.15) is 0 Å². The molecule has 0 heterocycles. The molecule has 1 amide bonds. The Morgan fingerprint density at radius 3 is 2.57 bits per heavy atom. The minimum Gasteiger partial charge on any atom is -0.381 e. The van der Waals surface area contributed by atoms with Gasteiger partial charge >= 0.3 is 0 Å². The Bertz CT molecular complexity index is 449. The number of unbranched alkanes of at least 4 members (excludes halogenated alkanes) is 3. The van der Waals surface area contributed by atoms with Gasteiger partial charge in [-0.05, 0) is 51.4 Å². The summed E-state index contributed by atoms with van der Waals surface area (Å²) in [6.07, 6.45) is 4.30. The van der Waals surface area contributed by atoms with E-state index in [0.717, 1.165) is 31.4 Å². The van der Waals surface area contributed by atoms with E-state index in [4.69, 9.17) is 5.73 Å². The molecule has 0 fully saturated rings. The topological polar surface area (TPSA) is 67.1 Å². The largest absolute Gasteiger partial charge is 0.381 e. The predicted molar refractivity (Wildman–Crippen MR) is 85.9 cm³/mol. The zero-order chi connectivity index (χ0) is 15.7. The van der Waals surface area contributed by atoms with Crippen molar-refractivity contribution in [2.75, 3.05) is 17.2 Å². The maximum atomic E-state index is 13.3. The lowest BCUT2D eigenvalue weighted by Gasteiger charge is -2.15. The van der Waals surface area contributed by atoms with E-state index >= 15 is 0 Å². The monoisotopic (exact) mass is 295 g/mol. The average molecular weight is 295 g/mol. The first kappa shape index (κ1) is 17.4. The fourth-order valence-electron chi connectivity index (χ4n) is 2.05. The fraction of sp³-hybridized carbons (Fsp3) is 0.562. The van der Waals surface area contributed by atoms with Gasteiger partial charge in [-0.1, -0.05) is 12.8 Å². The second-order valence-corrected chi connectivity index (χ2v) is 5.49. The van der Waals surface area contributed by atoms with Gasteiger partial charge in [0.25, 0.3) is 0 Å². The number of hydrogen-bond donors (Lipinski definition) is 3. The van der Waals surface area contributed by atoms with E-state index in [1.165, 1.54) is 12.1 Å². The van der Waals surface area contributed by atoms with Gasteiger partial charge in [-0.3, -0.25) is 4.79 Å². The molecular formula is C16H26FN3O. The molecule has 21 heavy (non-hydrogen) atoms. The summed E-state index contributed by atoms with van der Waals surface area (Å²) in [6.45, 7) is 4.68. The molecule has 0 unspecified atom stereocenters. The smallest absolute Gasteiger partial charge is 0.224 e. The molecule has 0 aliphatic carbocycles. The highest BCUT2D eigenvalue weighted by Crippen LogP contribution is 2.24. The van der Waals surface area contributed by atoms with Crippen LogP contribution in [0, 0.1) is 5.82 Å². The maximum absolute atomic E-state index is 13.3. The fourth-order valence-corrected chi connectivity index (χ4v) is 2.05. The van der Waals surface area contributed by atoms with E-state index in [0.29, 0.717) is 18.7 Å². The number of carbonyl (C=O) groups excluding carboxylic acids is 1. The van der Waals surface area contributed by atoms with Crippen molar-refractivity contribution < 1.29 is 9.18 Å². The third-order valence-electron chi connectivity index (χ3n) is 3.06. The number of rotatable bonds is 9. The highest BCUT2D eigenvalue weighted by molar-refractivity contribution is 5.94. The number of carbonyl (C=O) groups is 1. The van der Waals surface area contributed by atoms with E-state index in [2.05, 4.69) is 10.6 Å². The molecule has 1 aromatic rings. The zero-order valence-corrected chi connectivity index (χ0v) is 12.9. The summed E-state index contributed by atoms with van der Waals surface area (Å²) < 4.78 is 13.3. The van der Waals surface area contributed by atoms with Crippen molar-refractivity contribution in [1.82, 2.24) is 0 Å². The second-order valence-electron chi connectivity index (χ2n) is 5.49. The van der Waals surface area contributed by atoms with Crippen molar-refractivity contribution in [3.8, 4) is 0 Å². The molecule has 0 bridgehead atoms. The van der Waals surface area contributed by atoms with Crippen LogP contribution in [0.3, 0.4) is 0 Å². The molecule has 4 nitrogen and oxygen atoms in total. The van der Waals surface area contributed by atoms with Crippen molar-refractivity contribution >= 4 is 17.3 Å². The van der Waals surface area contributed by atoms with Gasteiger partial charge in [0, 0.05) is 12.5 Å². The Kier molecular flexibility index (Phi) is 7.75. The minimum atomic E-state index is -0.359. The molecule has 0 aliphatic rings. The van der Waals surface area contributed by atoms with E-state index in [9.17, 15) is 9.18 Å². The number of hydrogen-bond acceptors (Lipinski definition) is 3. The number of nitrogens with one attached hydrogen (secondary N) is 2. The Balaban J connectivity index is 2.52. The number of benzene rings is 1. The molecule has 1 aromatic carbocycles. The van der Waals surface area contributed by atoms with Gasteiger partial charge in [0.1, 0.15) is 5.82 Å². The summed E-state index contributed by atoms with van der Waals surface area (Å²) in [5.74, 6) is -0.442. The Labute approximate surface area is 126 Å². The van der Waals surface area contributed by atoms with Crippen molar-refractivity contribution in [3.63, 3.8) is 0 Å². The van der Waals surface area contributed by atoms with Gasteiger partial charge in [0.2, 0.25) is 5.91 Å². The third kappa shape index (κ3) is 7.09. The van der Waals surface area contributed by atoms with Gasteiger partial charge < -0.3 is 16.4 Å². The predicted octanol–water partition coefficient (Wildman–Crippen LogP) is 3.49. The highest BCUT2D eigenvalue weighted by Gasteiger charge is 2.09. The van der Waals surface area contributed by atoms with Crippen LogP contribution in [0.25, 0.3) is 0 Å². The standard InChI is InChI=1S/C16H26FN3O/c1-12(2)19-14-9-8-13(17)11-15(14)20-16(21)7-5-3-4-6-10-18/h8-9,11-12,19H,3-7,10,18H2,1-2H3,(H,20,21). The molecule has 5 heteroatoms. The summed E-state index contributed by atoms with van der Waals surface area (Å²) in [5.41, 5.74) is 6.66. The first-order chi connectivity index (χ1) is 10.0. The van der Waals surface area contributed by atoms with E-state index < -0.39 is 0 Å². The van der Waals surface area contributed by atoms with E-state index in [-0.39, 0.29) is 17.8 Å². The lowest BCUT2D eigenvalue weighted by molar-refractivity contribution is -0.116. The molecule has 0 aromatic heterocycles.